The molecule has 1 aromatic carbocycles. The van der Waals surface area contributed by atoms with E-state index in [-0.39, 0.29) is 0 Å². The van der Waals surface area contributed by atoms with Crippen molar-refractivity contribution in [2.45, 2.75) is 32.9 Å². The lowest BCUT2D eigenvalue weighted by atomic mass is 10.1. The smallest absolute Gasteiger partial charge is 0.0377 e. The van der Waals surface area contributed by atoms with E-state index >= 15 is 0 Å². The average molecular weight is 212 g/mol. The van der Waals surface area contributed by atoms with Crippen LogP contribution in [0.15, 0.2) is 24.3 Å². The number of aryl methyl sites for hydroxylation is 1. The molecule has 0 saturated carbocycles. The second-order valence-electron chi connectivity index (χ2n) is 3.63. The molecule has 0 amide bonds. The van der Waals surface area contributed by atoms with Gasteiger partial charge in [0.2, 0.25) is 0 Å². The third-order valence-corrected chi connectivity index (χ3v) is 2.73. The number of hydrogen-bond donors (Lipinski definition) is 1. The molecule has 0 aromatic heterocycles. The van der Waals surface area contributed by atoms with Crippen molar-refractivity contribution in [3.8, 4) is 0 Å². The van der Waals surface area contributed by atoms with Crippen molar-refractivity contribution in [2.75, 3.05) is 5.88 Å². The lowest BCUT2D eigenvalue weighted by Crippen LogP contribution is -2.29. The van der Waals surface area contributed by atoms with E-state index in [1.165, 1.54) is 11.1 Å². The molecule has 0 heterocycles. The van der Waals surface area contributed by atoms with E-state index in [4.69, 9.17) is 11.6 Å². The van der Waals surface area contributed by atoms with Crippen LogP contribution in [0.5, 0.6) is 0 Å². The molecule has 78 valence electrons. The van der Waals surface area contributed by atoms with Gasteiger partial charge >= 0.3 is 0 Å². The highest BCUT2D eigenvalue weighted by Gasteiger charge is 2.02. The molecule has 2 heteroatoms. The Morgan fingerprint density at radius 2 is 2.21 bits per heavy atom. The Hall–Kier alpha value is -0.530. The molecule has 0 radical (unpaired) electrons. The molecule has 1 unspecified atom stereocenters. The standard InChI is InChI=1S/C12H18ClN/c1-3-12(8-13)14-9-11-6-4-5-10(2)7-11/h4-7,12,14H,3,8-9H2,1-2H3. The highest BCUT2D eigenvalue weighted by molar-refractivity contribution is 6.18. The van der Waals surface area contributed by atoms with Gasteiger partial charge in [0, 0.05) is 18.5 Å². The summed E-state index contributed by atoms with van der Waals surface area (Å²) >= 11 is 5.80. The van der Waals surface area contributed by atoms with Crippen molar-refractivity contribution in [3.63, 3.8) is 0 Å². The van der Waals surface area contributed by atoms with Crippen LogP contribution >= 0.6 is 11.6 Å². The fourth-order valence-electron chi connectivity index (χ4n) is 1.39. The number of halogens is 1. The van der Waals surface area contributed by atoms with Crippen molar-refractivity contribution in [2.24, 2.45) is 0 Å². The van der Waals surface area contributed by atoms with Gasteiger partial charge < -0.3 is 5.32 Å². The van der Waals surface area contributed by atoms with Gasteiger partial charge in [-0.05, 0) is 18.9 Å². The number of alkyl halides is 1. The van der Waals surface area contributed by atoms with Crippen LogP contribution in [0.3, 0.4) is 0 Å². The molecule has 14 heavy (non-hydrogen) atoms. The Labute approximate surface area is 91.5 Å². The number of benzene rings is 1. The van der Waals surface area contributed by atoms with Gasteiger partial charge in [-0.1, -0.05) is 36.8 Å². The summed E-state index contributed by atoms with van der Waals surface area (Å²) in [6.45, 7) is 5.17. The summed E-state index contributed by atoms with van der Waals surface area (Å²) in [5.41, 5.74) is 2.64. The van der Waals surface area contributed by atoms with E-state index in [1.807, 2.05) is 0 Å². The first kappa shape index (κ1) is 11.5. The highest BCUT2D eigenvalue weighted by Crippen LogP contribution is 2.04. The zero-order chi connectivity index (χ0) is 10.4. The van der Waals surface area contributed by atoms with E-state index in [9.17, 15) is 0 Å². The SMILES string of the molecule is CCC(CCl)NCc1cccc(C)c1. The lowest BCUT2D eigenvalue weighted by Gasteiger charge is -2.13. The van der Waals surface area contributed by atoms with Gasteiger partial charge in [0.05, 0.1) is 0 Å². The van der Waals surface area contributed by atoms with Gasteiger partial charge in [-0.25, -0.2) is 0 Å². The van der Waals surface area contributed by atoms with Gasteiger partial charge in [-0.2, -0.15) is 0 Å². The van der Waals surface area contributed by atoms with Crippen molar-refractivity contribution in [1.29, 1.82) is 0 Å². The predicted molar refractivity (Wildman–Crippen MR) is 62.8 cm³/mol. The van der Waals surface area contributed by atoms with Gasteiger partial charge in [0.15, 0.2) is 0 Å². The van der Waals surface area contributed by atoms with Crippen molar-refractivity contribution in [1.82, 2.24) is 5.32 Å². The summed E-state index contributed by atoms with van der Waals surface area (Å²) < 4.78 is 0. The largest absolute Gasteiger partial charge is 0.309 e. The molecule has 1 nitrogen and oxygen atoms in total. The van der Waals surface area contributed by atoms with E-state index in [1.54, 1.807) is 0 Å². The number of hydrogen-bond acceptors (Lipinski definition) is 1. The molecular weight excluding hydrogens is 194 g/mol. The zero-order valence-electron chi connectivity index (χ0n) is 8.89. The van der Waals surface area contributed by atoms with Crippen LogP contribution in [0.1, 0.15) is 24.5 Å². The van der Waals surface area contributed by atoms with Gasteiger partial charge in [0.1, 0.15) is 0 Å². The molecule has 1 atom stereocenters. The molecule has 0 spiro atoms. The molecular formula is C12H18ClN. The maximum atomic E-state index is 5.80. The summed E-state index contributed by atoms with van der Waals surface area (Å²) in [4.78, 5) is 0. The summed E-state index contributed by atoms with van der Waals surface area (Å²) in [5, 5.41) is 3.43. The Kier molecular flexibility index (Phi) is 4.99. The highest BCUT2D eigenvalue weighted by atomic mass is 35.5. The first-order valence-electron chi connectivity index (χ1n) is 5.11. The first-order chi connectivity index (χ1) is 6.76. The average Bonchev–Trinajstić information content (AvgIpc) is 2.19. The van der Waals surface area contributed by atoms with Gasteiger partial charge in [0.25, 0.3) is 0 Å². The third-order valence-electron chi connectivity index (χ3n) is 2.36. The fraction of sp³-hybridized carbons (Fsp3) is 0.500. The molecule has 0 bridgehead atoms. The molecule has 1 rings (SSSR count). The van der Waals surface area contributed by atoms with Gasteiger partial charge in [-0.15, -0.1) is 11.6 Å². The summed E-state index contributed by atoms with van der Waals surface area (Å²) in [7, 11) is 0. The second-order valence-corrected chi connectivity index (χ2v) is 3.94. The van der Waals surface area contributed by atoms with Crippen molar-refractivity contribution >= 4 is 11.6 Å². The maximum absolute atomic E-state index is 5.80. The number of nitrogens with one attached hydrogen (secondary N) is 1. The summed E-state index contributed by atoms with van der Waals surface area (Å²) in [5.74, 6) is 0.683. The minimum Gasteiger partial charge on any atom is -0.309 e. The molecule has 0 aliphatic rings. The van der Waals surface area contributed by atoms with Crippen molar-refractivity contribution < 1.29 is 0 Å². The van der Waals surface area contributed by atoms with E-state index in [2.05, 4.69) is 43.4 Å². The Morgan fingerprint density at radius 1 is 1.43 bits per heavy atom. The molecule has 0 aliphatic carbocycles. The second kappa shape index (κ2) is 6.05. The van der Waals surface area contributed by atoms with E-state index in [0.29, 0.717) is 11.9 Å². The van der Waals surface area contributed by atoms with Crippen LogP contribution < -0.4 is 5.32 Å². The number of rotatable bonds is 5. The van der Waals surface area contributed by atoms with Crippen LogP contribution in [-0.2, 0) is 6.54 Å². The lowest BCUT2D eigenvalue weighted by molar-refractivity contribution is 0.538. The predicted octanol–water partition coefficient (Wildman–Crippen LogP) is 3.10. The molecule has 0 fully saturated rings. The first-order valence-corrected chi connectivity index (χ1v) is 5.64. The minimum atomic E-state index is 0.428. The molecule has 0 aliphatic heterocycles. The quantitative estimate of drug-likeness (QED) is 0.739. The minimum absolute atomic E-state index is 0.428. The molecule has 0 saturated heterocycles. The van der Waals surface area contributed by atoms with Gasteiger partial charge in [-0.3, -0.25) is 0 Å². The third kappa shape index (κ3) is 3.69. The Morgan fingerprint density at radius 3 is 2.79 bits per heavy atom. The van der Waals surface area contributed by atoms with Crippen LogP contribution in [0.25, 0.3) is 0 Å². The Bertz CT molecular complexity index is 269. The molecule has 1 aromatic rings. The Balaban J connectivity index is 2.44. The van der Waals surface area contributed by atoms with Crippen LogP contribution in [0, 0.1) is 6.92 Å². The normalized spacial score (nSPS) is 12.8. The monoisotopic (exact) mass is 211 g/mol. The van der Waals surface area contributed by atoms with Crippen LogP contribution in [0.4, 0.5) is 0 Å². The molecule has 1 N–H and O–H groups in total. The summed E-state index contributed by atoms with van der Waals surface area (Å²) in [6.07, 6.45) is 1.08. The van der Waals surface area contributed by atoms with E-state index < -0.39 is 0 Å². The van der Waals surface area contributed by atoms with Crippen LogP contribution in [-0.4, -0.2) is 11.9 Å². The van der Waals surface area contributed by atoms with E-state index in [0.717, 1.165) is 13.0 Å². The van der Waals surface area contributed by atoms with Crippen molar-refractivity contribution in [3.05, 3.63) is 35.4 Å². The fourth-order valence-corrected chi connectivity index (χ4v) is 1.72. The zero-order valence-corrected chi connectivity index (χ0v) is 9.64. The topological polar surface area (TPSA) is 12.0 Å². The maximum Gasteiger partial charge on any atom is 0.0377 e. The van der Waals surface area contributed by atoms with Crippen LogP contribution in [0.2, 0.25) is 0 Å². The summed E-state index contributed by atoms with van der Waals surface area (Å²) in [6, 6.07) is 8.97.